The number of anilines is 1. The number of carbonyl (C=O) groups excluding carboxylic acids is 1. The molecular formula is C17H26N2O2. The van der Waals surface area contributed by atoms with Gasteiger partial charge in [0.2, 0.25) is 5.91 Å². The lowest BCUT2D eigenvalue weighted by Gasteiger charge is -2.20. The van der Waals surface area contributed by atoms with Crippen molar-refractivity contribution in [1.29, 1.82) is 0 Å². The Morgan fingerprint density at radius 3 is 2.86 bits per heavy atom. The van der Waals surface area contributed by atoms with Gasteiger partial charge in [0.15, 0.2) is 0 Å². The van der Waals surface area contributed by atoms with E-state index in [4.69, 9.17) is 4.74 Å². The number of likely N-dealkylation sites (N-methyl/N-ethyl adjacent to an activating group) is 1. The van der Waals surface area contributed by atoms with Crippen molar-refractivity contribution in [3.8, 4) is 0 Å². The van der Waals surface area contributed by atoms with Gasteiger partial charge in [-0.1, -0.05) is 32.0 Å². The van der Waals surface area contributed by atoms with E-state index in [0.29, 0.717) is 12.5 Å². The lowest BCUT2D eigenvalue weighted by atomic mass is 10.0. The van der Waals surface area contributed by atoms with Crippen LogP contribution in [0, 0.1) is 0 Å². The van der Waals surface area contributed by atoms with Crippen LogP contribution in [0.3, 0.4) is 0 Å². The first-order valence-corrected chi connectivity index (χ1v) is 7.75. The number of para-hydroxylation sites is 1. The van der Waals surface area contributed by atoms with Gasteiger partial charge in [-0.3, -0.25) is 9.69 Å². The van der Waals surface area contributed by atoms with Gasteiger partial charge in [0.05, 0.1) is 12.6 Å². The van der Waals surface area contributed by atoms with Crippen LogP contribution in [-0.2, 0) is 9.53 Å². The fourth-order valence-electron chi connectivity index (χ4n) is 2.75. The highest BCUT2D eigenvalue weighted by Gasteiger charge is 2.18. The number of ether oxygens (including phenoxy) is 1. The lowest BCUT2D eigenvalue weighted by Crippen LogP contribution is -2.35. The third kappa shape index (κ3) is 4.83. The van der Waals surface area contributed by atoms with Gasteiger partial charge in [-0.2, -0.15) is 0 Å². The van der Waals surface area contributed by atoms with Gasteiger partial charge in [-0.25, -0.2) is 0 Å². The molecule has 0 saturated carbocycles. The van der Waals surface area contributed by atoms with Gasteiger partial charge >= 0.3 is 0 Å². The Hall–Kier alpha value is -1.39. The Morgan fingerprint density at radius 1 is 1.43 bits per heavy atom. The number of nitrogens with zero attached hydrogens (tertiary/aromatic N) is 1. The summed E-state index contributed by atoms with van der Waals surface area (Å²) in [7, 11) is 1.97. The zero-order valence-electron chi connectivity index (χ0n) is 13.3. The summed E-state index contributed by atoms with van der Waals surface area (Å²) in [6, 6.07) is 8.00. The van der Waals surface area contributed by atoms with Crippen molar-refractivity contribution >= 4 is 11.6 Å². The van der Waals surface area contributed by atoms with Crippen molar-refractivity contribution in [3.63, 3.8) is 0 Å². The lowest BCUT2D eigenvalue weighted by molar-refractivity contribution is -0.117. The minimum atomic E-state index is 0.0311. The summed E-state index contributed by atoms with van der Waals surface area (Å²) in [5.41, 5.74) is 2.09. The van der Waals surface area contributed by atoms with Crippen LogP contribution in [0.2, 0.25) is 0 Å². The molecule has 0 aliphatic carbocycles. The molecule has 1 fully saturated rings. The van der Waals surface area contributed by atoms with Crippen LogP contribution in [-0.4, -0.2) is 43.7 Å². The zero-order valence-corrected chi connectivity index (χ0v) is 13.3. The quantitative estimate of drug-likeness (QED) is 0.876. The molecule has 1 aliphatic heterocycles. The van der Waals surface area contributed by atoms with E-state index in [0.717, 1.165) is 31.7 Å². The second-order valence-corrected chi connectivity index (χ2v) is 6.12. The first-order valence-electron chi connectivity index (χ1n) is 7.75. The van der Waals surface area contributed by atoms with Crippen LogP contribution in [0.1, 0.15) is 38.2 Å². The summed E-state index contributed by atoms with van der Waals surface area (Å²) >= 11 is 0. The first-order chi connectivity index (χ1) is 10.1. The number of hydrogen-bond acceptors (Lipinski definition) is 3. The fourth-order valence-corrected chi connectivity index (χ4v) is 2.75. The molecule has 0 spiro atoms. The number of amides is 1. The van der Waals surface area contributed by atoms with Crippen molar-refractivity contribution < 1.29 is 9.53 Å². The van der Waals surface area contributed by atoms with Gasteiger partial charge < -0.3 is 10.1 Å². The van der Waals surface area contributed by atoms with Gasteiger partial charge in [-0.15, -0.1) is 0 Å². The highest BCUT2D eigenvalue weighted by atomic mass is 16.5. The fraction of sp³-hybridized carbons (Fsp3) is 0.588. The maximum Gasteiger partial charge on any atom is 0.238 e. The molecular weight excluding hydrogens is 264 g/mol. The number of hydrogen-bond donors (Lipinski definition) is 1. The van der Waals surface area contributed by atoms with Gasteiger partial charge in [0.25, 0.3) is 0 Å². The van der Waals surface area contributed by atoms with E-state index >= 15 is 0 Å². The SMILES string of the molecule is CC(C)c1ccccc1NC(=O)CN(C)CC1CCCO1. The number of benzene rings is 1. The monoisotopic (exact) mass is 290 g/mol. The molecule has 4 heteroatoms. The van der Waals surface area contributed by atoms with E-state index in [2.05, 4.69) is 25.2 Å². The zero-order chi connectivity index (χ0) is 15.2. The highest BCUT2D eigenvalue weighted by molar-refractivity contribution is 5.93. The van der Waals surface area contributed by atoms with Crippen LogP contribution in [0.25, 0.3) is 0 Å². The molecule has 1 amide bonds. The summed E-state index contributed by atoms with van der Waals surface area (Å²) in [6.45, 7) is 6.33. The average Bonchev–Trinajstić information content (AvgIpc) is 2.91. The van der Waals surface area contributed by atoms with Crippen molar-refractivity contribution in [1.82, 2.24) is 4.90 Å². The Balaban J connectivity index is 1.86. The molecule has 0 bridgehead atoms. The van der Waals surface area contributed by atoms with Crippen LogP contribution in [0.15, 0.2) is 24.3 Å². The van der Waals surface area contributed by atoms with Gasteiger partial charge in [0.1, 0.15) is 0 Å². The van der Waals surface area contributed by atoms with Crippen LogP contribution < -0.4 is 5.32 Å². The van der Waals surface area contributed by atoms with Crippen molar-refractivity contribution in [2.24, 2.45) is 0 Å². The molecule has 116 valence electrons. The second kappa shape index (κ2) is 7.57. The molecule has 1 aliphatic rings. The standard InChI is InChI=1S/C17H26N2O2/c1-13(2)15-8-4-5-9-16(15)18-17(20)12-19(3)11-14-7-6-10-21-14/h4-5,8-9,13-14H,6-7,10-12H2,1-3H3,(H,18,20). The summed E-state index contributed by atoms with van der Waals surface area (Å²) in [5.74, 6) is 0.426. The van der Waals surface area contributed by atoms with E-state index in [1.165, 1.54) is 5.56 Å². The molecule has 1 unspecified atom stereocenters. The molecule has 1 saturated heterocycles. The maximum atomic E-state index is 12.2. The summed E-state index contributed by atoms with van der Waals surface area (Å²) in [5, 5.41) is 3.03. The third-order valence-electron chi connectivity index (χ3n) is 3.81. The van der Waals surface area contributed by atoms with Gasteiger partial charge in [-0.05, 0) is 37.4 Å². The van der Waals surface area contributed by atoms with Crippen LogP contribution in [0.4, 0.5) is 5.69 Å². The first kappa shape index (κ1) is 16.0. The highest BCUT2D eigenvalue weighted by Crippen LogP contribution is 2.23. The minimum absolute atomic E-state index is 0.0311. The number of rotatable bonds is 6. The molecule has 1 heterocycles. The van der Waals surface area contributed by atoms with Crippen molar-refractivity contribution in [2.45, 2.75) is 38.7 Å². The number of nitrogens with one attached hydrogen (secondary N) is 1. The molecule has 0 aromatic heterocycles. The van der Waals surface area contributed by atoms with E-state index in [1.807, 2.05) is 30.1 Å². The predicted octanol–water partition coefficient (Wildman–Crippen LogP) is 2.86. The molecule has 1 atom stereocenters. The van der Waals surface area contributed by atoms with E-state index in [1.54, 1.807) is 0 Å². The van der Waals surface area contributed by atoms with Crippen LogP contribution >= 0.6 is 0 Å². The van der Waals surface area contributed by atoms with Crippen molar-refractivity contribution in [3.05, 3.63) is 29.8 Å². The Kier molecular flexibility index (Phi) is 5.76. The third-order valence-corrected chi connectivity index (χ3v) is 3.81. The average molecular weight is 290 g/mol. The summed E-state index contributed by atoms with van der Waals surface area (Å²) in [6.07, 6.45) is 2.51. The van der Waals surface area contributed by atoms with E-state index in [9.17, 15) is 4.79 Å². The summed E-state index contributed by atoms with van der Waals surface area (Å²) < 4.78 is 5.60. The van der Waals surface area contributed by atoms with E-state index < -0.39 is 0 Å². The predicted molar refractivity (Wildman–Crippen MR) is 85.6 cm³/mol. The molecule has 4 nitrogen and oxygen atoms in total. The van der Waals surface area contributed by atoms with Crippen LogP contribution in [0.5, 0.6) is 0 Å². The topological polar surface area (TPSA) is 41.6 Å². The van der Waals surface area contributed by atoms with Gasteiger partial charge in [0, 0.05) is 18.8 Å². The molecule has 21 heavy (non-hydrogen) atoms. The van der Waals surface area contributed by atoms with Crippen molar-refractivity contribution in [2.75, 3.05) is 32.1 Å². The Morgan fingerprint density at radius 2 is 2.19 bits per heavy atom. The Labute approximate surface area is 127 Å². The summed E-state index contributed by atoms with van der Waals surface area (Å²) in [4.78, 5) is 14.2. The Bertz CT molecular complexity index is 468. The molecule has 0 radical (unpaired) electrons. The largest absolute Gasteiger partial charge is 0.377 e. The molecule has 1 aromatic carbocycles. The molecule has 1 aromatic rings. The normalized spacial score (nSPS) is 18.4. The minimum Gasteiger partial charge on any atom is -0.377 e. The smallest absolute Gasteiger partial charge is 0.238 e. The van der Waals surface area contributed by atoms with E-state index in [-0.39, 0.29) is 12.0 Å². The maximum absolute atomic E-state index is 12.2. The molecule has 1 N–H and O–H groups in total. The molecule has 2 rings (SSSR count). The number of carbonyl (C=O) groups is 1. The second-order valence-electron chi connectivity index (χ2n) is 6.12.